The Balaban J connectivity index is 1.38. The molecule has 4 rings (SSSR count). The first-order chi connectivity index (χ1) is 14.6. The van der Waals surface area contributed by atoms with E-state index in [-0.39, 0.29) is 11.7 Å². The van der Waals surface area contributed by atoms with Gasteiger partial charge in [0.2, 0.25) is 0 Å². The van der Waals surface area contributed by atoms with Crippen molar-refractivity contribution in [1.82, 2.24) is 9.88 Å². The van der Waals surface area contributed by atoms with Gasteiger partial charge in [-0.3, -0.25) is 4.79 Å². The molecule has 160 valence electrons. The number of ether oxygens (including phenoxy) is 1. The normalized spacial score (nSPS) is 17.1. The van der Waals surface area contributed by atoms with Crippen LogP contribution in [0.4, 0.5) is 15.9 Å². The van der Waals surface area contributed by atoms with Crippen LogP contribution in [0.2, 0.25) is 5.02 Å². The second-order valence-electron chi connectivity index (χ2n) is 7.65. The molecule has 0 radical (unpaired) electrons. The van der Waals surface area contributed by atoms with Gasteiger partial charge in [0.1, 0.15) is 11.6 Å². The summed E-state index contributed by atoms with van der Waals surface area (Å²) in [4.78, 5) is 20.8. The number of morpholine rings is 1. The summed E-state index contributed by atoms with van der Waals surface area (Å²) in [5, 5.41) is 3.51. The van der Waals surface area contributed by atoms with Gasteiger partial charge in [0, 0.05) is 38.9 Å². The fraction of sp³-hybridized carbons (Fsp3) is 0.455. The van der Waals surface area contributed by atoms with Gasteiger partial charge in [-0.05, 0) is 43.0 Å². The zero-order valence-electron chi connectivity index (χ0n) is 16.9. The molecule has 30 heavy (non-hydrogen) atoms. The number of aromatic nitrogens is 1. The summed E-state index contributed by atoms with van der Waals surface area (Å²) in [6.45, 7) is 4.55. The largest absolute Gasteiger partial charge is 0.378 e. The molecule has 1 aromatic heterocycles. The third kappa shape index (κ3) is 4.84. The van der Waals surface area contributed by atoms with Gasteiger partial charge < -0.3 is 19.9 Å². The number of carbonyl (C=O) groups excluding carboxylic acids is 1. The molecule has 8 heteroatoms. The van der Waals surface area contributed by atoms with Crippen LogP contribution >= 0.6 is 11.6 Å². The molecular weight excluding hydrogens is 407 g/mol. The number of carbonyl (C=O) groups is 1. The molecule has 2 aliphatic rings. The highest BCUT2D eigenvalue weighted by Gasteiger charge is 2.20. The van der Waals surface area contributed by atoms with Crippen LogP contribution in [-0.2, 0) is 11.3 Å². The Hall–Kier alpha value is -2.38. The van der Waals surface area contributed by atoms with E-state index < -0.39 is 0 Å². The predicted molar refractivity (Wildman–Crippen MR) is 116 cm³/mol. The van der Waals surface area contributed by atoms with E-state index in [4.69, 9.17) is 16.3 Å². The van der Waals surface area contributed by atoms with Crippen molar-refractivity contribution in [2.75, 3.05) is 49.6 Å². The van der Waals surface area contributed by atoms with Gasteiger partial charge in [0.05, 0.1) is 29.5 Å². The molecule has 0 spiro atoms. The summed E-state index contributed by atoms with van der Waals surface area (Å²) in [6, 6.07) is 6.87. The molecule has 0 atom stereocenters. The summed E-state index contributed by atoms with van der Waals surface area (Å²) < 4.78 is 19.9. The Morgan fingerprint density at radius 2 is 1.90 bits per heavy atom. The van der Waals surface area contributed by atoms with Crippen molar-refractivity contribution in [1.29, 1.82) is 0 Å². The molecular formula is C22H26ClFN4O2. The summed E-state index contributed by atoms with van der Waals surface area (Å²) in [5.74, 6) is 0.193. The number of hydrogen-bond acceptors (Lipinski definition) is 5. The van der Waals surface area contributed by atoms with E-state index in [2.05, 4.69) is 10.3 Å². The highest BCUT2D eigenvalue weighted by molar-refractivity contribution is 6.33. The zero-order valence-corrected chi connectivity index (χ0v) is 17.6. The number of hydrogen-bond donors (Lipinski definition) is 1. The van der Waals surface area contributed by atoms with Gasteiger partial charge in [-0.2, -0.15) is 0 Å². The lowest BCUT2D eigenvalue weighted by Gasteiger charge is -2.29. The molecule has 3 heterocycles. The van der Waals surface area contributed by atoms with Crippen LogP contribution in [0.3, 0.4) is 0 Å². The van der Waals surface area contributed by atoms with E-state index in [0.717, 1.165) is 31.5 Å². The molecule has 2 saturated heterocycles. The number of benzene rings is 1. The van der Waals surface area contributed by atoms with E-state index in [1.807, 2.05) is 15.9 Å². The fourth-order valence-electron chi connectivity index (χ4n) is 3.87. The Kier molecular flexibility index (Phi) is 6.69. The van der Waals surface area contributed by atoms with Gasteiger partial charge in [-0.15, -0.1) is 0 Å². The van der Waals surface area contributed by atoms with Gasteiger partial charge in [-0.1, -0.05) is 17.7 Å². The number of piperidine rings is 1. The van der Waals surface area contributed by atoms with Crippen LogP contribution < -0.4 is 10.2 Å². The van der Waals surface area contributed by atoms with Crippen LogP contribution in [0.25, 0.3) is 0 Å². The SMILES string of the molecule is O=C(c1cnc(NCc2ccc(N3CCOCC3)c(F)c2)c(Cl)c1)N1CCCCC1. The van der Waals surface area contributed by atoms with Gasteiger partial charge in [0.25, 0.3) is 5.91 Å². The van der Waals surface area contributed by atoms with Crippen molar-refractivity contribution in [2.24, 2.45) is 0 Å². The average molecular weight is 433 g/mol. The Morgan fingerprint density at radius 1 is 1.13 bits per heavy atom. The fourth-order valence-corrected chi connectivity index (χ4v) is 4.10. The molecule has 1 aromatic carbocycles. The quantitative estimate of drug-likeness (QED) is 0.775. The lowest BCUT2D eigenvalue weighted by atomic mass is 10.1. The molecule has 2 aliphatic heterocycles. The number of rotatable bonds is 5. The smallest absolute Gasteiger partial charge is 0.255 e. The Bertz CT molecular complexity index is 899. The summed E-state index contributed by atoms with van der Waals surface area (Å²) in [6.07, 6.45) is 4.79. The highest BCUT2D eigenvalue weighted by atomic mass is 35.5. The average Bonchev–Trinajstić information content (AvgIpc) is 2.79. The van der Waals surface area contributed by atoms with Gasteiger partial charge >= 0.3 is 0 Å². The molecule has 0 saturated carbocycles. The Morgan fingerprint density at radius 3 is 2.60 bits per heavy atom. The van der Waals surface area contributed by atoms with Crippen LogP contribution in [0, 0.1) is 5.82 Å². The molecule has 1 N–H and O–H groups in total. The van der Waals surface area contributed by atoms with Gasteiger partial charge in [-0.25, -0.2) is 9.37 Å². The van der Waals surface area contributed by atoms with Crippen LogP contribution in [0.1, 0.15) is 35.2 Å². The first-order valence-corrected chi connectivity index (χ1v) is 10.8. The number of nitrogens with zero attached hydrogens (tertiary/aromatic N) is 3. The molecule has 6 nitrogen and oxygen atoms in total. The third-order valence-corrected chi connectivity index (χ3v) is 5.84. The number of pyridine rings is 1. The highest BCUT2D eigenvalue weighted by Crippen LogP contribution is 2.25. The van der Waals surface area contributed by atoms with Crippen molar-refractivity contribution in [2.45, 2.75) is 25.8 Å². The minimum absolute atomic E-state index is 0.0311. The van der Waals surface area contributed by atoms with Gasteiger partial charge in [0.15, 0.2) is 0 Å². The second kappa shape index (κ2) is 9.62. The van der Waals surface area contributed by atoms with Crippen LogP contribution in [0.5, 0.6) is 0 Å². The Labute approximate surface area is 181 Å². The van der Waals surface area contributed by atoms with E-state index in [9.17, 15) is 9.18 Å². The number of anilines is 2. The molecule has 2 fully saturated rings. The van der Waals surface area contributed by atoms with Crippen molar-refractivity contribution in [3.05, 3.63) is 52.4 Å². The monoisotopic (exact) mass is 432 g/mol. The maximum absolute atomic E-state index is 14.6. The van der Waals surface area contributed by atoms with E-state index >= 15 is 0 Å². The van der Waals surface area contributed by atoms with E-state index in [1.165, 1.54) is 12.5 Å². The summed E-state index contributed by atoms with van der Waals surface area (Å²) >= 11 is 6.35. The minimum atomic E-state index is -0.252. The summed E-state index contributed by atoms with van der Waals surface area (Å²) in [7, 11) is 0. The van der Waals surface area contributed by atoms with Crippen molar-refractivity contribution in [3.8, 4) is 0 Å². The lowest BCUT2D eigenvalue weighted by Crippen LogP contribution is -2.36. The van der Waals surface area contributed by atoms with E-state index in [0.29, 0.717) is 54.9 Å². The van der Waals surface area contributed by atoms with Crippen molar-refractivity contribution in [3.63, 3.8) is 0 Å². The number of nitrogens with one attached hydrogen (secondary N) is 1. The summed E-state index contributed by atoms with van der Waals surface area (Å²) in [5.41, 5.74) is 1.88. The minimum Gasteiger partial charge on any atom is -0.378 e. The standard InChI is InChI=1S/C22H26ClFN4O2/c23-18-13-17(22(29)28-6-2-1-3-7-28)15-26-21(18)25-14-16-4-5-20(19(24)12-16)27-8-10-30-11-9-27/h4-5,12-13,15H,1-3,6-11,14H2,(H,25,26). The molecule has 0 unspecified atom stereocenters. The maximum atomic E-state index is 14.6. The molecule has 0 aliphatic carbocycles. The third-order valence-electron chi connectivity index (χ3n) is 5.56. The van der Waals surface area contributed by atoms with Crippen LogP contribution in [-0.4, -0.2) is 55.2 Å². The first-order valence-electron chi connectivity index (χ1n) is 10.4. The van der Waals surface area contributed by atoms with E-state index in [1.54, 1.807) is 18.3 Å². The molecule has 1 amide bonds. The maximum Gasteiger partial charge on any atom is 0.255 e. The number of halogens is 2. The zero-order chi connectivity index (χ0) is 20.9. The number of likely N-dealkylation sites (tertiary alicyclic amines) is 1. The topological polar surface area (TPSA) is 57.7 Å². The number of amides is 1. The second-order valence-corrected chi connectivity index (χ2v) is 8.05. The van der Waals surface area contributed by atoms with Crippen LogP contribution in [0.15, 0.2) is 30.5 Å². The lowest BCUT2D eigenvalue weighted by molar-refractivity contribution is 0.0724. The van der Waals surface area contributed by atoms with Crippen molar-refractivity contribution < 1.29 is 13.9 Å². The first kappa shape index (κ1) is 20.9. The molecule has 0 bridgehead atoms. The predicted octanol–water partition coefficient (Wildman–Crippen LogP) is 3.95. The van der Waals surface area contributed by atoms with Crippen molar-refractivity contribution >= 4 is 29.0 Å². The molecule has 2 aromatic rings.